The largest absolute Gasteiger partial charge is 0.379 e. The second kappa shape index (κ2) is 6.99. The second-order valence-corrected chi connectivity index (χ2v) is 7.65. The van der Waals surface area contributed by atoms with E-state index in [1.165, 1.54) is 29.6 Å². The third-order valence-electron chi connectivity index (χ3n) is 4.53. The van der Waals surface area contributed by atoms with Crippen molar-refractivity contribution in [3.8, 4) is 5.75 Å². The van der Waals surface area contributed by atoms with Crippen molar-refractivity contribution < 1.29 is 9.63 Å². The number of hydrogen-bond donors (Lipinski definition) is 1. The van der Waals surface area contributed by atoms with Crippen LogP contribution in [0, 0.1) is 0 Å². The molecule has 28 heavy (non-hydrogen) atoms. The van der Waals surface area contributed by atoms with E-state index in [0.29, 0.717) is 5.75 Å². The molecule has 3 rings (SSSR count). The average Bonchev–Trinajstić information content (AvgIpc) is 3.06. The summed E-state index contributed by atoms with van der Waals surface area (Å²) in [7, 11) is 2.90. The van der Waals surface area contributed by atoms with E-state index in [4.69, 9.17) is 4.84 Å². The Labute approximate surface area is 161 Å². The zero-order valence-electron chi connectivity index (χ0n) is 16.5. The van der Waals surface area contributed by atoms with Crippen molar-refractivity contribution in [3.05, 3.63) is 57.0 Å². The minimum atomic E-state index is -0.512. The number of benzene rings is 1. The SMILES string of the molecule is Cn1c(=O)c2c(ncn2CC(=O)NOc2ccc(C(C)(C)C)cc2)n(C)c1=O. The number of hydrogen-bond acceptors (Lipinski definition) is 5. The van der Waals surface area contributed by atoms with Crippen molar-refractivity contribution >= 4 is 17.1 Å². The lowest BCUT2D eigenvalue weighted by Crippen LogP contribution is -2.38. The van der Waals surface area contributed by atoms with E-state index in [1.54, 1.807) is 12.1 Å². The number of fused-ring (bicyclic) bond motifs is 1. The molecule has 3 aromatic rings. The number of aromatic nitrogens is 4. The number of carbonyl (C=O) groups excluding carboxylic acids is 1. The molecule has 0 fully saturated rings. The molecule has 0 aliphatic rings. The van der Waals surface area contributed by atoms with Gasteiger partial charge in [-0.2, -0.15) is 5.48 Å². The minimum Gasteiger partial charge on any atom is -0.379 e. The maximum atomic E-state index is 12.4. The van der Waals surface area contributed by atoms with Crippen LogP contribution in [0.4, 0.5) is 0 Å². The number of amides is 1. The zero-order valence-corrected chi connectivity index (χ0v) is 16.5. The first-order valence-electron chi connectivity index (χ1n) is 8.76. The van der Waals surface area contributed by atoms with Crippen molar-refractivity contribution in [2.45, 2.75) is 32.7 Å². The topological polar surface area (TPSA) is 100 Å². The lowest BCUT2D eigenvalue weighted by Gasteiger charge is -2.19. The van der Waals surface area contributed by atoms with Crippen LogP contribution < -0.4 is 21.6 Å². The molecule has 9 nitrogen and oxygen atoms in total. The van der Waals surface area contributed by atoms with Crippen LogP contribution in [-0.4, -0.2) is 24.6 Å². The first kappa shape index (κ1) is 19.4. The molecule has 1 amide bonds. The molecular weight excluding hydrogens is 362 g/mol. The lowest BCUT2D eigenvalue weighted by molar-refractivity contribution is -0.128. The van der Waals surface area contributed by atoms with E-state index in [1.807, 2.05) is 12.1 Å². The molecule has 0 saturated carbocycles. The summed E-state index contributed by atoms with van der Waals surface area (Å²) in [6.07, 6.45) is 1.35. The standard InChI is InChI=1S/C19H23N5O4/c1-19(2,3)12-6-8-13(9-7-12)28-21-14(25)10-24-11-20-16-15(24)17(26)23(5)18(27)22(16)4/h6-9,11H,10H2,1-5H3,(H,21,25). The maximum absolute atomic E-state index is 12.4. The van der Waals surface area contributed by atoms with E-state index < -0.39 is 17.2 Å². The fourth-order valence-corrected chi connectivity index (χ4v) is 2.84. The Hall–Kier alpha value is -3.36. The van der Waals surface area contributed by atoms with Crippen LogP contribution >= 0.6 is 0 Å². The van der Waals surface area contributed by atoms with Crippen molar-refractivity contribution in [3.63, 3.8) is 0 Å². The fourth-order valence-electron chi connectivity index (χ4n) is 2.84. The summed E-state index contributed by atoms with van der Waals surface area (Å²) in [6.45, 7) is 6.16. The number of nitrogens with zero attached hydrogens (tertiary/aromatic N) is 4. The smallest absolute Gasteiger partial charge is 0.332 e. The molecular formula is C19H23N5O4. The summed E-state index contributed by atoms with van der Waals surface area (Å²) < 4.78 is 3.63. The molecule has 0 spiro atoms. The second-order valence-electron chi connectivity index (χ2n) is 7.65. The van der Waals surface area contributed by atoms with Gasteiger partial charge in [-0.15, -0.1) is 0 Å². The summed E-state index contributed by atoms with van der Waals surface area (Å²) in [5.41, 5.74) is 2.94. The van der Waals surface area contributed by atoms with E-state index in [2.05, 4.69) is 31.2 Å². The van der Waals surface area contributed by atoms with Gasteiger partial charge in [0.05, 0.1) is 6.33 Å². The van der Waals surface area contributed by atoms with E-state index in [-0.39, 0.29) is 23.1 Å². The molecule has 0 saturated heterocycles. The Morgan fingerprint density at radius 2 is 1.75 bits per heavy atom. The summed E-state index contributed by atoms with van der Waals surface area (Å²) in [5, 5.41) is 0. The number of rotatable bonds is 4. The Bertz CT molecular complexity index is 1150. The van der Waals surface area contributed by atoms with Crippen LogP contribution in [0.15, 0.2) is 40.2 Å². The highest BCUT2D eigenvalue weighted by molar-refractivity contribution is 5.78. The average molecular weight is 385 g/mol. The van der Waals surface area contributed by atoms with Gasteiger partial charge in [0.1, 0.15) is 6.54 Å². The van der Waals surface area contributed by atoms with Crippen LogP contribution in [0.3, 0.4) is 0 Å². The summed E-state index contributed by atoms with van der Waals surface area (Å²) in [4.78, 5) is 46.0. The molecule has 0 radical (unpaired) electrons. The Kier molecular flexibility index (Phi) is 4.84. The highest BCUT2D eigenvalue weighted by Crippen LogP contribution is 2.23. The summed E-state index contributed by atoms with van der Waals surface area (Å²) >= 11 is 0. The Balaban J connectivity index is 1.74. The van der Waals surface area contributed by atoms with E-state index in [9.17, 15) is 14.4 Å². The number of nitrogens with one attached hydrogen (secondary N) is 1. The summed E-state index contributed by atoms with van der Waals surface area (Å²) in [6, 6.07) is 7.43. The molecule has 148 valence electrons. The third-order valence-corrected chi connectivity index (χ3v) is 4.53. The minimum absolute atomic E-state index is 0.0243. The van der Waals surface area contributed by atoms with Crippen LogP contribution in [-0.2, 0) is 30.8 Å². The van der Waals surface area contributed by atoms with Crippen molar-refractivity contribution in [2.24, 2.45) is 14.1 Å². The van der Waals surface area contributed by atoms with Crippen LogP contribution in [0.25, 0.3) is 11.2 Å². The quantitative estimate of drug-likeness (QED) is 0.671. The zero-order chi connectivity index (χ0) is 20.6. The molecule has 2 aromatic heterocycles. The van der Waals surface area contributed by atoms with Crippen LogP contribution in [0.1, 0.15) is 26.3 Å². The van der Waals surface area contributed by atoms with Gasteiger partial charge in [0.15, 0.2) is 16.9 Å². The van der Waals surface area contributed by atoms with Gasteiger partial charge in [0.2, 0.25) is 0 Å². The molecule has 1 aromatic carbocycles. The number of carbonyl (C=O) groups is 1. The number of aryl methyl sites for hydroxylation is 1. The van der Waals surface area contributed by atoms with Crippen molar-refractivity contribution in [1.29, 1.82) is 0 Å². The van der Waals surface area contributed by atoms with Gasteiger partial charge >= 0.3 is 5.69 Å². The molecule has 9 heteroatoms. The van der Waals surface area contributed by atoms with E-state index >= 15 is 0 Å². The molecule has 0 unspecified atom stereocenters. The van der Waals surface area contributed by atoms with E-state index in [0.717, 1.165) is 10.1 Å². The first-order valence-corrected chi connectivity index (χ1v) is 8.76. The molecule has 0 aliphatic heterocycles. The predicted octanol–water partition coefficient (Wildman–Crippen LogP) is 0.841. The number of imidazole rings is 1. The Morgan fingerprint density at radius 1 is 1.11 bits per heavy atom. The van der Waals surface area contributed by atoms with Gasteiger partial charge in [-0.3, -0.25) is 18.7 Å². The van der Waals surface area contributed by atoms with Crippen LogP contribution in [0.5, 0.6) is 5.75 Å². The van der Waals surface area contributed by atoms with Gasteiger partial charge in [0.25, 0.3) is 11.5 Å². The molecule has 0 atom stereocenters. The van der Waals surface area contributed by atoms with Crippen molar-refractivity contribution in [2.75, 3.05) is 0 Å². The van der Waals surface area contributed by atoms with Crippen molar-refractivity contribution in [1.82, 2.24) is 24.2 Å². The van der Waals surface area contributed by atoms with Crippen LogP contribution in [0.2, 0.25) is 0 Å². The highest BCUT2D eigenvalue weighted by Gasteiger charge is 2.16. The molecule has 2 heterocycles. The molecule has 0 aliphatic carbocycles. The third kappa shape index (κ3) is 3.55. The van der Waals surface area contributed by atoms with Gasteiger partial charge in [-0.25, -0.2) is 9.78 Å². The molecule has 1 N–H and O–H groups in total. The first-order chi connectivity index (χ1) is 13.1. The summed E-state index contributed by atoms with van der Waals surface area (Å²) in [5.74, 6) is 0.0326. The molecule has 0 bridgehead atoms. The fraction of sp³-hybridized carbons (Fsp3) is 0.368. The maximum Gasteiger partial charge on any atom is 0.332 e. The van der Waals surface area contributed by atoms with Gasteiger partial charge in [0, 0.05) is 14.1 Å². The van der Waals surface area contributed by atoms with Gasteiger partial charge in [-0.05, 0) is 23.1 Å². The Morgan fingerprint density at radius 3 is 2.36 bits per heavy atom. The lowest BCUT2D eigenvalue weighted by atomic mass is 9.87. The normalized spacial score (nSPS) is 11.6. The highest BCUT2D eigenvalue weighted by atomic mass is 16.7. The monoisotopic (exact) mass is 385 g/mol. The van der Waals surface area contributed by atoms with Gasteiger partial charge in [-0.1, -0.05) is 32.9 Å². The predicted molar refractivity (Wildman–Crippen MR) is 104 cm³/mol. The number of hydroxylamine groups is 1. The van der Waals surface area contributed by atoms with Gasteiger partial charge < -0.3 is 9.40 Å².